The average molecular weight is 251 g/mol. The van der Waals surface area contributed by atoms with Gasteiger partial charge in [-0.05, 0) is 43.9 Å². The summed E-state index contributed by atoms with van der Waals surface area (Å²) in [6.07, 6.45) is 3.60. The zero-order chi connectivity index (χ0) is 13.0. The molecule has 0 bridgehead atoms. The fraction of sp³-hybridized carbons (Fsp3) is 0.600. The van der Waals surface area contributed by atoms with Crippen molar-refractivity contribution < 1.29 is 9.13 Å². The number of hydrogen-bond acceptors (Lipinski definition) is 2. The normalized spacial score (nSPS) is 18.6. The second-order valence-electron chi connectivity index (χ2n) is 5.08. The van der Waals surface area contributed by atoms with E-state index in [4.69, 9.17) is 4.74 Å². The van der Waals surface area contributed by atoms with Crippen LogP contribution in [0.1, 0.15) is 44.8 Å². The standard InChI is InChI=1S/C15H22FNO/c1-3-11(2)18-15(10-17-14-7-8-14)12-5-4-6-13(16)9-12/h4-6,9,11,14-15,17H,3,7-8,10H2,1-2H3. The molecule has 1 saturated carbocycles. The Bertz CT molecular complexity index is 379. The van der Waals surface area contributed by atoms with E-state index in [9.17, 15) is 4.39 Å². The van der Waals surface area contributed by atoms with Gasteiger partial charge in [-0.25, -0.2) is 4.39 Å². The van der Waals surface area contributed by atoms with Crippen molar-refractivity contribution in [1.82, 2.24) is 5.32 Å². The van der Waals surface area contributed by atoms with E-state index in [1.54, 1.807) is 12.1 Å². The molecule has 0 aliphatic heterocycles. The topological polar surface area (TPSA) is 21.3 Å². The predicted octanol–water partition coefficient (Wildman–Crippen LogP) is 3.43. The first-order chi connectivity index (χ1) is 8.69. The summed E-state index contributed by atoms with van der Waals surface area (Å²) in [4.78, 5) is 0. The number of halogens is 1. The van der Waals surface area contributed by atoms with E-state index in [-0.39, 0.29) is 18.0 Å². The maximum absolute atomic E-state index is 13.3. The monoisotopic (exact) mass is 251 g/mol. The fourth-order valence-electron chi connectivity index (χ4n) is 1.89. The van der Waals surface area contributed by atoms with E-state index in [1.807, 2.05) is 6.07 Å². The van der Waals surface area contributed by atoms with Crippen molar-refractivity contribution in [1.29, 1.82) is 0 Å². The molecule has 2 unspecified atom stereocenters. The van der Waals surface area contributed by atoms with Gasteiger partial charge in [-0.15, -0.1) is 0 Å². The van der Waals surface area contributed by atoms with Crippen LogP contribution in [0.15, 0.2) is 24.3 Å². The first-order valence-electron chi connectivity index (χ1n) is 6.83. The Hall–Kier alpha value is -0.930. The SMILES string of the molecule is CCC(C)OC(CNC1CC1)c1cccc(F)c1. The summed E-state index contributed by atoms with van der Waals surface area (Å²) in [6, 6.07) is 7.36. The van der Waals surface area contributed by atoms with Crippen LogP contribution in [0.3, 0.4) is 0 Å². The highest BCUT2D eigenvalue weighted by Gasteiger charge is 2.23. The number of rotatable bonds is 7. The zero-order valence-electron chi connectivity index (χ0n) is 11.2. The highest BCUT2D eigenvalue weighted by molar-refractivity contribution is 5.19. The van der Waals surface area contributed by atoms with Crippen LogP contribution in [0, 0.1) is 5.82 Å². The Morgan fingerprint density at radius 2 is 2.22 bits per heavy atom. The zero-order valence-corrected chi connectivity index (χ0v) is 11.2. The van der Waals surface area contributed by atoms with Crippen LogP contribution in [-0.2, 0) is 4.74 Å². The van der Waals surface area contributed by atoms with Gasteiger partial charge in [-0.1, -0.05) is 19.1 Å². The second-order valence-corrected chi connectivity index (χ2v) is 5.08. The summed E-state index contributed by atoms with van der Waals surface area (Å²) in [5.74, 6) is -0.198. The fourth-order valence-corrected chi connectivity index (χ4v) is 1.89. The maximum atomic E-state index is 13.3. The Balaban J connectivity index is 2.01. The lowest BCUT2D eigenvalue weighted by Gasteiger charge is -2.23. The van der Waals surface area contributed by atoms with Crippen molar-refractivity contribution in [2.75, 3.05) is 6.54 Å². The predicted molar refractivity (Wildman–Crippen MR) is 71.0 cm³/mol. The number of nitrogens with one attached hydrogen (secondary N) is 1. The molecule has 0 amide bonds. The van der Waals surface area contributed by atoms with Crippen molar-refractivity contribution >= 4 is 0 Å². The summed E-state index contributed by atoms with van der Waals surface area (Å²) in [5.41, 5.74) is 0.920. The van der Waals surface area contributed by atoms with E-state index in [1.165, 1.54) is 18.9 Å². The van der Waals surface area contributed by atoms with Crippen molar-refractivity contribution in [2.24, 2.45) is 0 Å². The van der Waals surface area contributed by atoms with Crippen LogP contribution >= 0.6 is 0 Å². The van der Waals surface area contributed by atoms with Crippen molar-refractivity contribution in [2.45, 2.75) is 51.4 Å². The Morgan fingerprint density at radius 3 is 2.83 bits per heavy atom. The third-order valence-electron chi connectivity index (χ3n) is 3.36. The minimum atomic E-state index is -0.198. The summed E-state index contributed by atoms with van der Waals surface area (Å²) in [7, 11) is 0. The number of benzene rings is 1. The molecule has 0 heterocycles. The van der Waals surface area contributed by atoms with E-state index in [0.717, 1.165) is 18.5 Å². The minimum absolute atomic E-state index is 0.0590. The minimum Gasteiger partial charge on any atom is -0.369 e. The molecule has 18 heavy (non-hydrogen) atoms. The van der Waals surface area contributed by atoms with Crippen molar-refractivity contribution in [3.8, 4) is 0 Å². The third kappa shape index (κ3) is 4.07. The van der Waals surface area contributed by atoms with Gasteiger partial charge in [0.1, 0.15) is 5.82 Å². The number of hydrogen-bond donors (Lipinski definition) is 1. The molecule has 100 valence electrons. The molecule has 0 aromatic heterocycles. The van der Waals surface area contributed by atoms with Gasteiger partial charge in [0.2, 0.25) is 0 Å². The van der Waals surface area contributed by atoms with Crippen LogP contribution in [-0.4, -0.2) is 18.7 Å². The van der Waals surface area contributed by atoms with E-state index in [0.29, 0.717) is 6.04 Å². The lowest BCUT2D eigenvalue weighted by molar-refractivity contribution is -0.00483. The molecule has 1 aromatic carbocycles. The van der Waals surface area contributed by atoms with Crippen LogP contribution in [0.25, 0.3) is 0 Å². The molecule has 1 fully saturated rings. The molecule has 2 atom stereocenters. The average Bonchev–Trinajstić information content (AvgIpc) is 3.18. The number of ether oxygens (including phenoxy) is 1. The largest absolute Gasteiger partial charge is 0.369 e. The molecule has 2 rings (SSSR count). The quantitative estimate of drug-likeness (QED) is 0.801. The van der Waals surface area contributed by atoms with Gasteiger partial charge in [-0.3, -0.25) is 0 Å². The van der Waals surface area contributed by atoms with Gasteiger partial charge in [0.25, 0.3) is 0 Å². The first-order valence-corrected chi connectivity index (χ1v) is 6.83. The lowest BCUT2D eigenvalue weighted by atomic mass is 10.1. The molecule has 2 nitrogen and oxygen atoms in total. The lowest BCUT2D eigenvalue weighted by Crippen LogP contribution is -2.27. The van der Waals surface area contributed by atoms with Crippen LogP contribution in [0.5, 0.6) is 0 Å². The van der Waals surface area contributed by atoms with Crippen molar-refractivity contribution in [3.63, 3.8) is 0 Å². The van der Waals surface area contributed by atoms with Crippen LogP contribution < -0.4 is 5.32 Å². The molecule has 0 radical (unpaired) electrons. The molecule has 1 aromatic rings. The van der Waals surface area contributed by atoms with Gasteiger partial charge in [-0.2, -0.15) is 0 Å². The Labute approximate surface area is 109 Å². The van der Waals surface area contributed by atoms with Crippen LogP contribution in [0.2, 0.25) is 0 Å². The maximum Gasteiger partial charge on any atom is 0.123 e. The second kappa shape index (κ2) is 6.30. The Morgan fingerprint density at radius 1 is 1.44 bits per heavy atom. The molecule has 0 spiro atoms. The smallest absolute Gasteiger partial charge is 0.123 e. The molecular formula is C15H22FNO. The van der Waals surface area contributed by atoms with E-state index < -0.39 is 0 Å². The van der Waals surface area contributed by atoms with E-state index in [2.05, 4.69) is 19.2 Å². The van der Waals surface area contributed by atoms with Gasteiger partial charge < -0.3 is 10.1 Å². The van der Waals surface area contributed by atoms with E-state index >= 15 is 0 Å². The van der Waals surface area contributed by atoms with Gasteiger partial charge >= 0.3 is 0 Å². The summed E-state index contributed by atoms with van der Waals surface area (Å²) >= 11 is 0. The Kier molecular flexibility index (Phi) is 4.72. The molecule has 1 aliphatic rings. The van der Waals surface area contributed by atoms with Gasteiger partial charge in [0.15, 0.2) is 0 Å². The highest BCUT2D eigenvalue weighted by atomic mass is 19.1. The molecule has 0 saturated heterocycles. The highest BCUT2D eigenvalue weighted by Crippen LogP contribution is 2.24. The van der Waals surface area contributed by atoms with Gasteiger partial charge in [0.05, 0.1) is 12.2 Å². The molecular weight excluding hydrogens is 229 g/mol. The molecule has 1 N–H and O–H groups in total. The first kappa shape index (κ1) is 13.5. The van der Waals surface area contributed by atoms with Crippen LogP contribution in [0.4, 0.5) is 4.39 Å². The molecule has 1 aliphatic carbocycles. The molecule has 3 heteroatoms. The summed E-state index contributed by atoms with van der Waals surface area (Å²) < 4.78 is 19.3. The summed E-state index contributed by atoms with van der Waals surface area (Å²) in [5, 5.41) is 3.46. The third-order valence-corrected chi connectivity index (χ3v) is 3.36. The van der Waals surface area contributed by atoms with Crippen molar-refractivity contribution in [3.05, 3.63) is 35.6 Å². The summed E-state index contributed by atoms with van der Waals surface area (Å²) in [6.45, 7) is 4.92. The van der Waals surface area contributed by atoms with Gasteiger partial charge in [0, 0.05) is 12.6 Å².